The molecule has 0 saturated carbocycles. The van der Waals surface area contributed by atoms with Crippen LogP contribution in [0.25, 0.3) is 0 Å². The van der Waals surface area contributed by atoms with Gasteiger partial charge in [-0.3, -0.25) is 14.4 Å². The molecule has 0 bridgehead atoms. The van der Waals surface area contributed by atoms with E-state index in [1.165, 1.54) is 24.1 Å². The zero-order valence-electron chi connectivity index (χ0n) is 16.7. The fraction of sp³-hybridized carbons (Fsp3) is 0.619. The van der Waals surface area contributed by atoms with Crippen LogP contribution in [-0.2, 0) is 26.4 Å². The van der Waals surface area contributed by atoms with Crippen LogP contribution in [0.2, 0.25) is 0 Å². The van der Waals surface area contributed by atoms with Gasteiger partial charge in [-0.2, -0.15) is 5.10 Å². The van der Waals surface area contributed by atoms with E-state index in [1.807, 2.05) is 24.7 Å². The minimum absolute atomic E-state index is 0.0205. The molecule has 1 unspecified atom stereocenters. The van der Waals surface area contributed by atoms with E-state index >= 15 is 0 Å². The average molecular weight is 370 g/mol. The molecule has 146 valence electrons. The number of carbonyl (C=O) groups is 1. The SMILES string of the molecule is CCc1oc(C(=O)NC2CCCc3c2c(C)nn3C)cc1CN1CCCC1. The molecule has 27 heavy (non-hydrogen) atoms. The van der Waals surface area contributed by atoms with E-state index in [4.69, 9.17) is 4.42 Å². The van der Waals surface area contributed by atoms with Crippen molar-refractivity contribution in [3.8, 4) is 0 Å². The maximum absolute atomic E-state index is 12.9. The Bertz CT molecular complexity index is 830. The number of nitrogens with zero attached hydrogens (tertiary/aromatic N) is 3. The molecule has 1 atom stereocenters. The number of aromatic nitrogens is 2. The first-order valence-electron chi connectivity index (χ1n) is 10.2. The van der Waals surface area contributed by atoms with Gasteiger partial charge in [0.25, 0.3) is 5.91 Å². The highest BCUT2D eigenvalue weighted by Crippen LogP contribution is 2.32. The van der Waals surface area contributed by atoms with E-state index in [0.717, 1.165) is 62.3 Å². The number of nitrogens with one attached hydrogen (secondary N) is 1. The molecule has 6 nitrogen and oxygen atoms in total. The van der Waals surface area contributed by atoms with Crippen LogP contribution in [0.1, 0.15) is 77.5 Å². The molecule has 0 radical (unpaired) electrons. The van der Waals surface area contributed by atoms with Crippen molar-refractivity contribution in [1.82, 2.24) is 20.0 Å². The lowest BCUT2D eigenvalue weighted by molar-refractivity contribution is 0.0902. The number of likely N-dealkylation sites (tertiary alicyclic amines) is 1. The van der Waals surface area contributed by atoms with Crippen LogP contribution in [-0.4, -0.2) is 33.7 Å². The smallest absolute Gasteiger partial charge is 0.287 e. The van der Waals surface area contributed by atoms with Gasteiger partial charge in [0, 0.05) is 36.8 Å². The minimum Gasteiger partial charge on any atom is -0.456 e. The molecule has 2 aliphatic rings. The molecular weight excluding hydrogens is 340 g/mol. The number of amides is 1. The van der Waals surface area contributed by atoms with Crippen molar-refractivity contribution in [3.05, 3.63) is 40.1 Å². The third kappa shape index (κ3) is 3.55. The molecule has 3 heterocycles. The van der Waals surface area contributed by atoms with Gasteiger partial charge < -0.3 is 9.73 Å². The summed E-state index contributed by atoms with van der Waals surface area (Å²) in [5.74, 6) is 1.27. The summed E-state index contributed by atoms with van der Waals surface area (Å²) in [6, 6.07) is 1.97. The van der Waals surface area contributed by atoms with Gasteiger partial charge in [-0.05, 0) is 58.2 Å². The Balaban J connectivity index is 1.51. The van der Waals surface area contributed by atoms with Crippen molar-refractivity contribution >= 4 is 5.91 Å². The highest BCUT2D eigenvalue weighted by molar-refractivity contribution is 5.92. The molecule has 1 aliphatic carbocycles. The Morgan fingerprint density at radius 2 is 2.11 bits per heavy atom. The van der Waals surface area contributed by atoms with Gasteiger partial charge in [-0.25, -0.2) is 0 Å². The summed E-state index contributed by atoms with van der Waals surface area (Å²) in [6.45, 7) is 7.27. The Labute approximate surface area is 160 Å². The lowest BCUT2D eigenvalue weighted by atomic mass is 9.91. The predicted octanol–water partition coefficient (Wildman–Crippen LogP) is 3.29. The van der Waals surface area contributed by atoms with Gasteiger partial charge >= 0.3 is 0 Å². The van der Waals surface area contributed by atoms with Crippen LogP contribution in [0.15, 0.2) is 10.5 Å². The number of furan rings is 1. The Kier molecular flexibility index (Phi) is 5.08. The summed E-state index contributed by atoms with van der Waals surface area (Å²) in [5.41, 5.74) is 4.61. The van der Waals surface area contributed by atoms with Crippen molar-refractivity contribution in [3.63, 3.8) is 0 Å². The molecule has 0 spiro atoms. The Hall–Kier alpha value is -2.08. The molecule has 1 aliphatic heterocycles. The van der Waals surface area contributed by atoms with Crippen molar-refractivity contribution in [1.29, 1.82) is 0 Å². The van der Waals surface area contributed by atoms with Crippen LogP contribution in [0.4, 0.5) is 0 Å². The molecule has 4 rings (SSSR count). The van der Waals surface area contributed by atoms with Crippen molar-refractivity contribution in [2.45, 2.75) is 65.0 Å². The van der Waals surface area contributed by atoms with E-state index in [-0.39, 0.29) is 11.9 Å². The summed E-state index contributed by atoms with van der Waals surface area (Å²) in [7, 11) is 1.99. The van der Waals surface area contributed by atoms with Crippen LogP contribution >= 0.6 is 0 Å². The molecule has 1 amide bonds. The van der Waals surface area contributed by atoms with E-state index in [1.54, 1.807) is 0 Å². The first kappa shape index (κ1) is 18.3. The second-order valence-electron chi connectivity index (χ2n) is 7.88. The molecule has 0 aromatic carbocycles. The Morgan fingerprint density at radius 1 is 1.33 bits per heavy atom. The quantitative estimate of drug-likeness (QED) is 0.877. The monoisotopic (exact) mass is 370 g/mol. The molecule has 2 aromatic rings. The van der Waals surface area contributed by atoms with Crippen molar-refractivity contribution < 1.29 is 9.21 Å². The third-order valence-electron chi connectivity index (χ3n) is 5.99. The highest BCUT2D eigenvalue weighted by atomic mass is 16.4. The van der Waals surface area contributed by atoms with Crippen LogP contribution < -0.4 is 5.32 Å². The highest BCUT2D eigenvalue weighted by Gasteiger charge is 2.29. The van der Waals surface area contributed by atoms with Gasteiger partial charge in [0.2, 0.25) is 0 Å². The zero-order valence-corrected chi connectivity index (χ0v) is 16.7. The average Bonchev–Trinajstić information content (AvgIpc) is 3.36. The second kappa shape index (κ2) is 7.50. The predicted molar refractivity (Wildman–Crippen MR) is 104 cm³/mol. The van der Waals surface area contributed by atoms with E-state index in [9.17, 15) is 4.79 Å². The second-order valence-corrected chi connectivity index (χ2v) is 7.88. The van der Waals surface area contributed by atoms with E-state index < -0.39 is 0 Å². The molecule has 1 fully saturated rings. The molecular formula is C21H30N4O2. The van der Waals surface area contributed by atoms with E-state index in [2.05, 4.69) is 22.2 Å². The lowest BCUT2D eigenvalue weighted by Crippen LogP contribution is -2.31. The van der Waals surface area contributed by atoms with Gasteiger partial charge in [0.1, 0.15) is 5.76 Å². The number of aryl methyl sites for hydroxylation is 3. The fourth-order valence-electron chi connectivity index (χ4n) is 4.66. The zero-order chi connectivity index (χ0) is 19.0. The summed E-state index contributed by atoms with van der Waals surface area (Å²) in [4.78, 5) is 15.4. The largest absolute Gasteiger partial charge is 0.456 e. The third-order valence-corrected chi connectivity index (χ3v) is 5.99. The van der Waals surface area contributed by atoms with Gasteiger partial charge in [0.05, 0.1) is 11.7 Å². The molecule has 2 aromatic heterocycles. The van der Waals surface area contributed by atoms with Crippen molar-refractivity contribution in [2.24, 2.45) is 7.05 Å². The number of fused-ring (bicyclic) bond motifs is 1. The molecule has 1 saturated heterocycles. The van der Waals surface area contributed by atoms with Gasteiger partial charge in [-0.1, -0.05) is 6.92 Å². The maximum atomic E-state index is 12.9. The summed E-state index contributed by atoms with van der Waals surface area (Å²) >= 11 is 0. The van der Waals surface area contributed by atoms with E-state index in [0.29, 0.717) is 5.76 Å². The van der Waals surface area contributed by atoms with Gasteiger partial charge in [-0.15, -0.1) is 0 Å². The number of hydrogen-bond donors (Lipinski definition) is 1. The van der Waals surface area contributed by atoms with Gasteiger partial charge in [0.15, 0.2) is 5.76 Å². The summed E-state index contributed by atoms with van der Waals surface area (Å²) < 4.78 is 7.90. The minimum atomic E-state index is -0.113. The number of rotatable bonds is 5. The molecule has 6 heteroatoms. The summed E-state index contributed by atoms with van der Waals surface area (Å²) in [5, 5.41) is 7.75. The number of hydrogen-bond acceptors (Lipinski definition) is 4. The first-order valence-corrected chi connectivity index (χ1v) is 10.2. The van der Waals surface area contributed by atoms with Crippen LogP contribution in [0, 0.1) is 6.92 Å². The topological polar surface area (TPSA) is 63.3 Å². The fourth-order valence-corrected chi connectivity index (χ4v) is 4.66. The van der Waals surface area contributed by atoms with Crippen LogP contribution in [0.5, 0.6) is 0 Å². The standard InChI is InChI=1S/C21H30N4O2/c1-4-18-15(13-25-10-5-6-11-25)12-19(27-18)21(26)22-16-8-7-9-17-20(16)14(2)23-24(17)3/h12,16H,4-11,13H2,1-3H3,(H,22,26). The Morgan fingerprint density at radius 3 is 2.85 bits per heavy atom. The maximum Gasteiger partial charge on any atom is 0.287 e. The lowest BCUT2D eigenvalue weighted by Gasteiger charge is -2.24. The molecule has 1 N–H and O–H groups in total. The van der Waals surface area contributed by atoms with Crippen LogP contribution in [0.3, 0.4) is 0 Å². The van der Waals surface area contributed by atoms with Crippen molar-refractivity contribution in [2.75, 3.05) is 13.1 Å². The summed E-state index contributed by atoms with van der Waals surface area (Å²) in [6.07, 6.45) is 6.39. The first-order chi connectivity index (χ1) is 13.1. The normalized spacial score (nSPS) is 20.0. The number of carbonyl (C=O) groups excluding carboxylic acids is 1.